The lowest BCUT2D eigenvalue weighted by molar-refractivity contribution is 0.168. The maximum absolute atomic E-state index is 9.80. The Bertz CT molecular complexity index is 566. The quantitative estimate of drug-likeness (QED) is 0.733. The molecule has 16 heavy (non-hydrogen) atoms. The first-order valence-electron chi connectivity index (χ1n) is 5.14. The summed E-state index contributed by atoms with van der Waals surface area (Å²) in [5.74, 6) is 1.11. The number of rotatable bonds is 0. The Morgan fingerprint density at radius 2 is 2.00 bits per heavy atom. The molecule has 1 N–H and O–H groups in total. The molecule has 1 aliphatic rings. The number of nitrogens with zero attached hydrogens (tertiary/aromatic N) is 1. The zero-order chi connectivity index (χ0) is 11.1. The average molecular weight is 217 g/mol. The third-order valence-electron chi connectivity index (χ3n) is 2.70. The number of ether oxygens (including phenoxy) is 2. The van der Waals surface area contributed by atoms with E-state index < -0.39 is 0 Å². The second-order valence-electron chi connectivity index (χ2n) is 3.77. The molecule has 0 bridgehead atoms. The van der Waals surface area contributed by atoms with Crippen LogP contribution in [0.2, 0.25) is 0 Å². The van der Waals surface area contributed by atoms with Crippen molar-refractivity contribution >= 4 is 10.9 Å². The molecule has 0 atom stereocenters. The van der Waals surface area contributed by atoms with Gasteiger partial charge >= 0.3 is 0 Å². The standard InChI is InChI=1S/C12H11NO3/c1-7-2-3-13-8-6-9(14)11-12(10(7)8)16-5-4-15-11/h2-3,6,14H,4-5H2,1H3. The Hall–Kier alpha value is -1.97. The van der Waals surface area contributed by atoms with E-state index in [1.54, 1.807) is 12.3 Å². The van der Waals surface area contributed by atoms with E-state index in [0.29, 0.717) is 24.7 Å². The lowest BCUT2D eigenvalue weighted by atomic mass is 10.1. The van der Waals surface area contributed by atoms with Gasteiger partial charge in [0.2, 0.25) is 5.75 Å². The summed E-state index contributed by atoms with van der Waals surface area (Å²) >= 11 is 0. The third-order valence-corrected chi connectivity index (χ3v) is 2.70. The summed E-state index contributed by atoms with van der Waals surface area (Å²) in [5.41, 5.74) is 1.79. The van der Waals surface area contributed by atoms with Crippen molar-refractivity contribution in [3.63, 3.8) is 0 Å². The fourth-order valence-electron chi connectivity index (χ4n) is 1.97. The number of aromatic nitrogens is 1. The second kappa shape index (κ2) is 3.27. The maximum atomic E-state index is 9.80. The third kappa shape index (κ3) is 1.19. The minimum absolute atomic E-state index is 0.0836. The summed E-state index contributed by atoms with van der Waals surface area (Å²) in [7, 11) is 0. The summed E-state index contributed by atoms with van der Waals surface area (Å²) in [6.45, 7) is 2.95. The Balaban J connectivity index is 2.43. The molecule has 1 aromatic carbocycles. The van der Waals surface area contributed by atoms with Gasteiger partial charge in [0, 0.05) is 17.6 Å². The van der Waals surface area contributed by atoms with Gasteiger partial charge < -0.3 is 14.6 Å². The molecule has 3 rings (SSSR count). The van der Waals surface area contributed by atoms with Crippen LogP contribution in [0.25, 0.3) is 10.9 Å². The normalized spacial score (nSPS) is 14.1. The smallest absolute Gasteiger partial charge is 0.204 e. The number of pyridine rings is 1. The average Bonchev–Trinajstić information content (AvgIpc) is 2.29. The number of phenolic OH excluding ortho intramolecular Hbond substituents is 1. The first-order valence-corrected chi connectivity index (χ1v) is 5.14. The Morgan fingerprint density at radius 1 is 1.25 bits per heavy atom. The number of fused-ring (bicyclic) bond motifs is 3. The van der Waals surface area contributed by atoms with Gasteiger partial charge in [-0.15, -0.1) is 0 Å². The van der Waals surface area contributed by atoms with Crippen molar-refractivity contribution in [2.45, 2.75) is 6.92 Å². The summed E-state index contributed by atoms with van der Waals surface area (Å²) in [4.78, 5) is 4.22. The van der Waals surface area contributed by atoms with Crippen molar-refractivity contribution < 1.29 is 14.6 Å². The number of aromatic hydroxyl groups is 1. The monoisotopic (exact) mass is 217 g/mol. The zero-order valence-electron chi connectivity index (χ0n) is 8.86. The summed E-state index contributed by atoms with van der Waals surface area (Å²) in [6.07, 6.45) is 1.72. The van der Waals surface area contributed by atoms with Gasteiger partial charge in [-0.1, -0.05) is 0 Å². The van der Waals surface area contributed by atoms with Gasteiger partial charge in [-0.25, -0.2) is 0 Å². The van der Waals surface area contributed by atoms with Gasteiger partial charge in [0.15, 0.2) is 11.5 Å². The van der Waals surface area contributed by atoms with Crippen LogP contribution in [0.3, 0.4) is 0 Å². The van der Waals surface area contributed by atoms with E-state index in [9.17, 15) is 5.11 Å². The summed E-state index contributed by atoms with van der Waals surface area (Å²) in [5, 5.41) is 10.7. The predicted molar refractivity (Wildman–Crippen MR) is 59.1 cm³/mol. The van der Waals surface area contributed by atoms with Gasteiger partial charge in [0.1, 0.15) is 13.2 Å². The van der Waals surface area contributed by atoms with E-state index >= 15 is 0 Å². The lowest BCUT2D eigenvalue weighted by Crippen LogP contribution is -2.16. The molecule has 4 heteroatoms. The Labute approximate surface area is 92.4 Å². The van der Waals surface area contributed by atoms with Crippen molar-refractivity contribution in [3.05, 3.63) is 23.9 Å². The molecule has 0 radical (unpaired) electrons. The lowest BCUT2D eigenvalue weighted by Gasteiger charge is -2.21. The van der Waals surface area contributed by atoms with Gasteiger partial charge in [-0.2, -0.15) is 0 Å². The molecule has 0 saturated carbocycles. The highest BCUT2D eigenvalue weighted by atomic mass is 16.6. The fourth-order valence-corrected chi connectivity index (χ4v) is 1.97. The highest BCUT2D eigenvalue weighted by molar-refractivity contribution is 5.92. The van der Waals surface area contributed by atoms with Crippen LogP contribution in [-0.4, -0.2) is 23.3 Å². The molecular weight excluding hydrogens is 206 g/mol. The second-order valence-corrected chi connectivity index (χ2v) is 3.77. The molecule has 1 aliphatic heterocycles. The zero-order valence-corrected chi connectivity index (χ0v) is 8.86. The molecule has 0 aliphatic carbocycles. The summed E-state index contributed by atoms with van der Waals surface area (Å²) < 4.78 is 11.0. The largest absolute Gasteiger partial charge is 0.504 e. The Morgan fingerprint density at radius 3 is 2.81 bits per heavy atom. The van der Waals surface area contributed by atoms with E-state index in [1.165, 1.54) is 0 Å². The molecular formula is C12H11NO3. The molecule has 0 amide bonds. The topological polar surface area (TPSA) is 51.6 Å². The minimum atomic E-state index is 0.0836. The molecule has 0 unspecified atom stereocenters. The van der Waals surface area contributed by atoms with Crippen LogP contribution in [0.5, 0.6) is 17.2 Å². The van der Waals surface area contributed by atoms with E-state index in [1.807, 2.05) is 13.0 Å². The van der Waals surface area contributed by atoms with Crippen molar-refractivity contribution in [1.82, 2.24) is 4.98 Å². The first-order chi connectivity index (χ1) is 7.77. The van der Waals surface area contributed by atoms with Crippen molar-refractivity contribution in [3.8, 4) is 17.2 Å². The molecule has 0 spiro atoms. The number of phenols is 1. The van der Waals surface area contributed by atoms with E-state index in [4.69, 9.17) is 9.47 Å². The first kappa shape index (κ1) is 9.27. The van der Waals surface area contributed by atoms with Crippen LogP contribution >= 0.6 is 0 Å². The highest BCUT2D eigenvalue weighted by Crippen LogP contribution is 2.44. The predicted octanol–water partition coefficient (Wildman–Crippen LogP) is 2.02. The molecule has 2 heterocycles. The molecule has 1 aromatic heterocycles. The number of hydrogen-bond donors (Lipinski definition) is 1. The summed E-state index contributed by atoms with van der Waals surface area (Å²) in [6, 6.07) is 3.52. The van der Waals surface area contributed by atoms with E-state index in [2.05, 4.69) is 4.98 Å². The van der Waals surface area contributed by atoms with Gasteiger partial charge in [-0.3, -0.25) is 4.98 Å². The van der Waals surface area contributed by atoms with Crippen molar-refractivity contribution in [2.75, 3.05) is 13.2 Å². The minimum Gasteiger partial charge on any atom is -0.504 e. The SMILES string of the molecule is Cc1ccnc2cc(O)c3c(c12)OCCO3. The van der Waals surface area contributed by atoms with Crippen LogP contribution < -0.4 is 9.47 Å². The Kier molecular flexibility index (Phi) is 1.89. The van der Waals surface area contributed by atoms with Gasteiger partial charge in [-0.05, 0) is 18.6 Å². The number of hydrogen-bond acceptors (Lipinski definition) is 4. The van der Waals surface area contributed by atoms with Crippen LogP contribution in [0.1, 0.15) is 5.56 Å². The molecule has 4 nitrogen and oxygen atoms in total. The molecule has 0 saturated heterocycles. The van der Waals surface area contributed by atoms with Crippen molar-refractivity contribution in [1.29, 1.82) is 0 Å². The van der Waals surface area contributed by atoms with Crippen LogP contribution in [0, 0.1) is 6.92 Å². The van der Waals surface area contributed by atoms with E-state index in [0.717, 1.165) is 16.5 Å². The van der Waals surface area contributed by atoms with Crippen LogP contribution in [0.4, 0.5) is 0 Å². The van der Waals surface area contributed by atoms with Crippen LogP contribution in [0.15, 0.2) is 18.3 Å². The highest BCUT2D eigenvalue weighted by Gasteiger charge is 2.21. The number of aryl methyl sites for hydroxylation is 1. The van der Waals surface area contributed by atoms with E-state index in [-0.39, 0.29) is 5.75 Å². The molecule has 82 valence electrons. The number of benzene rings is 1. The fraction of sp³-hybridized carbons (Fsp3) is 0.250. The van der Waals surface area contributed by atoms with Crippen LogP contribution in [-0.2, 0) is 0 Å². The van der Waals surface area contributed by atoms with Gasteiger partial charge in [0.05, 0.1) is 5.52 Å². The molecule has 0 fully saturated rings. The molecule has 2 aromatic rings. The van der Waals surface area contributed by atoms with Crippen molar-refractivity contribution in [2.24, 2.45) is 0 Å². The van der Waals surface area contributed by atoms with Gasteiger partial charge in [0.25, 0.3) is 0 Å². The maximum Gasteiger partial charge on any atom is 0.204 e.